The van der Waals surface area contributed by atoms with E-state index >= 15 is 0 Å². The van der Waals surface area contributed by atoms with Crippen LogP contribution in [-0.2, 0) is 11.2 Å². The average molecular weight is 408 g/mol. The summed E-state index contributed by atoms with van der Waals surface area (Å²) in [5.74, 6) is -0.942. The molecule has 1 heterocycles. The van der Waals surface area contributed by atoms with Crippen LogP contribution in [0.3, 0.4) is 0 Å². The van der Waals surface area contributed by atoms with Gasteiger partial charge in [0.2, 0.25) is 0 Å². The third kappa shape index (κ3) is 4.74. The first kappa shape index (κ1) is 18.7. The van der Waals surface area contributed by atoms with Crippen molar-refractivity contribution in [3.05, 3.63) is 69.5 Å². The van der Waals surface area contributed by atoms with Crippen molar-refractivity contribution < 1.29 is 9.90 Å². The number of halogens is 2. The number of rotatable bonds is 7. The summed E-state index contributed by atoms with van der Waals surface area (Å²) in [7, 11) is 0. The Bertz CT molecular complexity index is 902. The molecule has 0 spiro atoms. The number of aromatic nitrogens is 1. The summed E-state index contributed by atoms with van der Waals surface area (Å²) >= 11 is 13.3. The number of anilines is 1. The van der Waals surface area contributed by atoms with Gasteiger partial charge in [0.25, 0.3) is 0 Å². The molecule has 0 amide bonds. The van der Waals surface area contributed by atoms with Crippen LogP contribution < -0.4 is 10.9 Å². The molecule has 0 saturated carbocycles. The van der Waals surface area contributed by atoms with Gasteiger partial charge in [0.15, 0.2) is 5.13 Å². The fourth-order valence-corrected chi connectivity index (χ4v) is 3.30. The van der Waals surface area contributed by atoms with Crippen LogP contribution in [0, 0.1) is 0 Å². The second-order valence-electron chi connectivity index (χ2n) is 5.52. The first-order valence-corrected chi connectivity index (χ1v) is 9.35. The Hall–Kier alpha value is -2.12. The normalized spacial score (nSPS) is 11.9. The predicted octanol–water partition coefficient (Wildman–Crippen LogP) is 4.73. The molecule has 0 aliphatic rings. The van der Waals surface area contributed by atoms with E-state index in [1.54, 1.807) is 12.1 Å². The molecule has 5 nitrogen and oxygen atoms in total. The lowest BCUT2D eigenvalue weighted by Crippen LogP contribution is -2.41. The molecule has 0 saturated heterocycles. The van der Waals surface area contributed by atoms with Crippen molar-refractivity contribution in [2.45, 2.75) is 12.5 Å². The maximum atomic E-state index is 11.5. The van der Waals surface area contributed by atoms with E-state index in [4.69, 9.17) is 23.2 Å². The topological polar surface area (TPSA) is 74.2 Å². The number of hydrogen-bond donors (Lipinski definition) is 3. The molecule has 0 aliphatic heterocycles. The van der Waals surface area contributed by atoms with Gasteiger partial charge >= 0.3 is 5.97 Å². The monoisotopic (exact) mass is 407 g/mol. The molecule has 3 rings (SSSR count). The molecule has 0 radical (unpaired) electrons. The van der Waals surface area contributed by atoms with Gasteiger partial charge in [-0.25, -0.2) is 10.4 Å². The highest BCUT2D eigenvalue weighted by molar-refractivity contribution is 7.14. The second kappa shape index (κ2) is 8.51. The third-order valence-corrected chi connectivity index (χ3v) is 5.15. The van der Waals surface area contributed by atoms with Crippen molar-refractivity contribution in [2.24, 2.45) is 0 Å². The van der Waals surface area contributed by atoms with Gasteiger partial charge in [-0.15, -0.1) is 11.3 Å². The minimum Gasteiger partial charge on any atom is -0.480 e. The summed E-state index contributed by atoms with van der Waals surface area (Å²) in [5, 5.41) is 12.8. The Kier molecular flexibility index (Phi) is 6.11. The number of thiazole rings is 1. The van der Waals surface area contributed by atoms with Crippen LogP contribution in [0.2, 0.25) is 10.0 Å². The lowest BCUT2D eigenvalue weighted by molar-refractivity contribution is -0.139. The van der Waals surface area contributed by atoms with Crippen molar-refractivity contribution in [1.82, 2.24) is 10.4 Å². The smallest absolute Gasteiger partial charge is 0.322 e. The van der Waals surface area contributed by atoms with E-state index in [-0.39, 0.29) is 0 Å². The highest BCUT2D eigenvalue weighted by Gasteiger charge is 2.18. The van der Waals surface area contributed by atoms with Crippen molar-refractivity contribution in [3.63, 3.8) is 0 Å². The summed E-state index contributed by atoms with van der Waals surface area (Å²) in [6.45, 7) is 0. The molecule has 1 unspecified atom stereocenters. The van der Waals surface area contributed by atoms with Crippen molar-refractivity contribution in [3.8, 4) is 11.3 Å². The highest BCUT2D eigenvalue weighted by Crippen LogP contribution is 2.30. The second-order valence-corrected chi connectivity index (χ2v) is 7.19. The van der Waals surface area contributed by atoms with Crippen LogP contribution in [-0.4, -0.2) is 22.1 Å². The summed E-state index contributed by atoms with van der Waals surface area (Å²) in [4.78, 5) is 15.9. The summed E-state index contributed by atoms with van der Waals surface area (Å²) in [6, 6.07) is 13.9. The lowest BCUT2D eigenvalue weighted by Gasteiger charge is -2.14. The Morgan fingerprint density at radius 3 is 2.62 bits per heavy atom. The Morgan fingerprint density at radius 1 is 1.15 bits per heavy atom. The number of aliphatic carboxylic acids is 1. The van der Waals surface area contributed by atoms with Crippen LogP contribution in [0.5, 0.6) is 0 Å². The Morgan fingerprint density at radius 2 is 1.92 bits per heavy atom. The summed E-state index contributed by atoms with van der Waals surface area (Å²) in [6.07, 6.45) is 0.355. The summed E-state index contributed by atoms with van der Waals surface area (Å²) in [5.41, 5.74) is 8.20. The molecule has 3 N–H and O–H groups in total. The molecule has 3 aromatic rings. The Balaban J connectivity index is 1.66. The molecule has 2 aromatic carbocycles. The predicted molar refractivity (Wildman–Crippen MR) is 106 cm³/mol. The molecule has 26 heavy (non-hydrogen) atoms. The van der Waals surface area contributed by atoms with Crippen LogP contribution in [0.1, 0.15) is 5.56 Å². The maximum Gasteiger partial charge on any atom is 0.322 e. The molecule has 134 valence electrons. The number of carbonyl (C=O) groups is 1. The molecular formula is C18H15Cl2N3O2S. The van der Waals surface area contributed by atoms with Crippen LogP contribution >= 0.6 is 34.5 Å². The largest absolute Gasteiger partial charge is 0.480 e. The molecular weight excluding hydrogens is 393 g/mol. The van der Waals surface area contributed by atoms with E-state index in [9.17, 15) is 9.90 Å². The molecule has 1 atom stereocenters. The molecule has 0 bridgehead atoms. The van der Waals surface area contributed by atoms with E-state index in [1.807, 2.05) is 41.8 Å². The standard InChI is InChI=1S/C18H15Cl2N3O2S/c19-13-7-6-12(9-14(13)20)16-10-26-18(21-16)23-22-15(17(24)25)8-11-4-2-1-3-5-11/h1-7,9-10,15,22H,8H2,(H,21,23)(H,24,25). The minimum atomic E-state index is -0.942. The fourth-order valence-electron chi connectivity index (χ4n) is 2.32. The summed E-state index contributed by atoms with van der Waals surface area (Å²) < 4.78 is 0. The van der Waals surface area contributed by atoms with E-state index in [2.05, 4.69) is 15.8 Å². The first-order valence-electron chi connectivity index (χ1n) is 7.72. The highest BCUT2D eigenvalue weighted by atomic mass is 35.5. The number of hydrazine groups is 1. The van der Waals surface area contributed by atoms with E-state index in [0.29, 0.717) is 21.6 Å². The van der Waals surface area contributed by atoms with E-state index < -0.39 is 12.0 Å². The molecule has 1 aromatic heterocycles. The van der Waals surface area contributed by atoms with Gasteiger partial charge in [-0.05, 0) is 17.7 Å². The van der Waals surface area contributed by atoms with Gasteiger partial charge < -0.3 is 5.11 Å². The molecule has 0 aliphatic carbocycles. The zero-order valence-electron chi connectivity index (χ0n) is 13.4. The number of benzene rings is 2. The van der Waals surface area contributed by atoms with Gasteiger partial charge in [0.1, 0.15) is 6.04 Å². The molecule has 0 fully saturated rings. The van der Waals surface area contributed by atoms with Gasteiger partial charge in [-0.1, -0.05) is 59.6 Å². The number of nitrogens with one attached hydrogen (secondary N) is 2. The average Bonchev–Trinajstić information content (AvgIpc) is 3.10. The SMILES string of the molecule is O=C(O)C(Cc1ccccc1)NNc1nc(-c2ccc(Cl)c(Cl)c2)cs1. The van der Waals surface area contributed by atoms with Gasteiger partial charge in [0.05, 0.1) is 15.7 Å². The van der Waals surface area contributed by atoms with Crippen molar-refractivity contribution in [2.75, 3.05) is 5.43 Å². The first-order chi connectivity index (χ1) is 12.5. The quantitative estimate of drug-likeness (QED) is 0.493. The van der Waals surface area contributed by atoms with Crippen LogP contribution in [0.15, 0.2) is 53.9 Å². The van der Waals surface area contributed by atoms with Crippen molar-refractivity contribution in [1.29, 1.82) is 0 Å². The third-order valence-electron chi connectivity index (χ3n) is 3.65. The maximum absolute atomic E-state index is 11.5. The number of carboxylic acids is 1. The lowest BCUT2D eigenvalue weighted by atomic mass is 10.1. The molecule has 8 heteroatoms. The Labute approximate surface area is 164 Å². The van der Waals surface area contributed by atoms with Gasteiger partial charge in [0, 0.05) is 17.4 Å². The number of nitrogens with zero attached hydrogens (tertiary/aromatic N) is 1. The number of hydrogen-bond acceptors (Lipinski definition) is 5. The number of carboxylic acid groups (broad SMARTS) is 1. The van der Waals surface area contributed by atoms with E-state index in [1.165, 1.54) is 11.3 Å². The zero-order valence-corrected chi connectivity index (χ0v) is 15.8. The van der Waals surface area contributed by atoms with Crippen molar-refractivity contribution >= 4 is 45.6 Å². The van der Waals surface area contributed by atoms with Gasteiger partial charge in [-0.2, -0.15) is 0 Å². The van der Waals surface area contributed by atoms with E-state index in [0.717, 1.165) is 16.8 Å². The minimum absolute atomic E-state index is 0.355. The van der Waals surface area contributed by atoms with Crippen LogP contribution in [0.4, 0.5) is 5.13 Å². The fraction of sp³-hybridized carbons (Fsp3) is 0.111. The van der Waals surface area contributed by atoms with Crippen LogP contribution in [0.25, 0.3) is 11.3 Å². The van der Waals surface area contributed by atoms with Gasteiger partial charge in [-0.3, -0.25) is 10.2 Å². The zero-order chi connectivity index (χ0) is 18.5.